The third kappa shape index (κ3) is 4.95. The summed E-state index contributed by atoms with van der Waals surface area (Å²) in [7, 11) is 0. The van der Waals surface area contributed by atoms with Crippen molar-refractivity contribution in [1.82, 2.24) is 0 Å². The first-order chi connectivity index (χ1) is 28.0. The number of fused-ring (bicyclic) bond motifs is 8. The molecule has 9 aromatic rings. The predicted molar refractivity (Wildman–Crippen MR) is 239 cm³/mol. The molecule has 0 saturated carbocycles. The maximum Gasteiger partial charge on any atom is 0.0713 e. The van der Waals surface area contributed by atoms with Gasteiger partial charge in [0.1, 0.15) is 0 Å². The molecule has 0 radical (unpaired) electrons. The maximum atomic E-state index is 2.45. The SMILES string of the molecule is CC1(C)c2ccccc2-c2c1ccc1ccc(N(c3ccc(-c4ccccc4)cc3)c3ccc4c(c3)-c3ccccc3C4(c3ccccc3)c3ccccc3)cc21. The molecule has 2 aliphatic rings. The zero-order valence-electron chi connectivity index (χ0n) is 32.2. The Kier molecular flexibility index (Phi) is 7.50. The van der Waals surface area contributed by atoms with E-state index in [1.165, 1.54) is 77.5 Å². The van der Waals surface area contributed by atoms with Crippen molar-refractivity contribution in [3.05, 3.63) is 246 Å². The molecule has 11 rings (SSSR count). The Morgan fingerprint density at radius 2 is 0.842 bits per heavy atom. The average Bonchev–Trinajstić information content (AvgIpc) is 3.70. The second-order valence-corrected chi connectivity index (χ2v) is 16.1. The smallest absolute Gasteiger partial charge is 0.0713 e. The van der Waals surface area contributed by atoms with E-state index in [0.717, 1.165) is 17.1 Å². The average molecular weight is 728 g/mol. The van der Waals surface area contributed by atoms with Gasteiger partial charge in [-0.3, -0.25) is 0 Å². The van der Waals surface area contributed by atoms with E-state index in [-0.39, 0.29) is 5.41 Å². The summed E-state index contributed by atoms with van der Waals surface area (Å²) in [6.45, 7) is 4.72. The minimum atomic E-state index is -0.446. The van der Waals surface area contributed by atoms with Gasteiger partial charge < -0.3 is 4.90 Å². The monoisotopic (exact) mass is 727 g/mol. The van der Waals surface area contributed by atoms with E-state index in [9.17, 15) is 0 Å². The Labute approximate surface area is 335 Å². The summed E-state index contributed by atoms with van der Waals surface area (Å²) in [6.07, 6.45) is 0. The first-order valence-electron chi connectivity index (χ1n) is 20.0. The number of hydrogen-bond acceptors (Lipinski definition) is 1. The fraction of sp³-hybridized carbons (Fsp3) is 0.0714. The van der Waals surface area contributed by atoms with E-state index in [1.54, 1.807) is 0 Å². The van der Waals surface area contributed by atoms with Crippen LogP contribution < -0.4 is 4.90 Å². The summed E-state index contributed by atoms with van der Waals surface area (Å²) in [5.74, 6) is 0. The minimum absolute atomic E-state index is 0.0690. The Morgan fingerprint density at radius 3 is 1.54 bits per heavy atom. The molecule has 1 nitrogen and oxygen atoms in total. The molecule has 0 heterocycles. The van der Waals surface area contributed by atoms with Crippen LogP contribution in [0.1, 0.15) is 47.2 Å². The molecule has 0 amide bonds. The summed E-state index contributed by atoms with van der Waals surface area (Å²) < 4.78 is 0. The van der Waals surface area contributed by atoms with Crippen LogP contribution in [-0.4, -0.2) is 0 Å². The molecular formula is C56H41N. The van der Waals surface area contributed by atoms with Gasteiger partial charge in [0.25, 0.3) is 0 Å². The Balaban J connectivity index is 1.15. The molecule has 0 spiro atoms. The molecule has 57 heavy (non-hydrogen) atoms. The summed E-state index contributed by atoms with van der Waals surface area (Å²) in [4.78, 5) is 2.45. The van der Waals surface area contributed by atoms with Crippen LogP contribution in [0.4, 0.5) is 17.1 Å². The van der Waals surface area contributed by atoms with Gasteiger partial charge in [0.05, 0.1) is 5.41 Å². The Morgan fingerprint density at radius 1 is 0.351 bits per heavy atom. The maximum absolute atomic E-state index is 2.45. The highest BCUT2D eigenvalue weighted by molar-refractivity contribution is 6.04. The van der Waals surface area contributed by atoms with E-state index in [4.69, 9.17) is 0 Å². The molecule has 0 atom stereocenters. The molecule has 9 aromatic carbocycles. The lowest BCUT2D eigenvalue weighted by Crippen LogP contribution is -2.28. The van der Waals surface area contributed by atoms with E-state index >= 15 is 0 Å². The number of nitrogens with zero attached hydrogens (tertiary/aromatic N) is 1. The van der Waals surface area contributed by atoms with Gasteiger partial charge in [0.2, 0.25) is 0 Å². The van der Waals surface area contributed by atoms with Crippen LogP contribution in [0.25, 0.3) is 44.2 Å². The van der Waals surface area contributed by atoms with Crippen LogP contribution >= 0.6 is 0 Å². The fourth-order valence-electron chi connectivity index (χ4n) is 10.1. The van der Waals surface area contributed by atoms with E-state index in [0.29, 0.717) is 0 Å². The lowest BCUT2D eigenvalue weighted by Gasteiger charge is -2.34. The van der Waals surface area contributed by atoms with Gasteiger partial charge in [-0.05, 0) is 114 Å². The third-order valence-electron chi connectivity index (χ3n) is 12.7. The normalized spacial score (nSPS) is 14.1. The zero-order chi connectivity index (χ0) is 38.1. The highest BCUT2D eigenvalue weighted by atomic mass is 15.1. The molecule has 0 saturated heterocycles. The van der Waals surface area contributed by atoms with Crippen molar-refractivity contribution in [3.8, 4) is 33.4 Å². The van der Waals surface area contributed by atoms with Gasteiger partial charge >= 0.3 is 0 Å². The van der Waals surface area contributed by atoms with E-state index < -0.39 is 5.41 Å². The summed E-state index contributed by atoms with van der Waals surface area (Å²) in [5, 5.41) is 2.54. The highest BCUT2D eigenvalue weighted by Crippen LogP contribution is 2.57. The van der Waals surface area contributed by atoms with Crippen molar-refractivity contribution >= 4 is 27.8 Å². The summed E-state index contributed by atoms with van der Waals surface area (Å²) in [5.41, 5.74) is 18.5. The van der Waals surface area contributed by atoms with Gasteiger partial charge in [0, 0.05) is 22.5 Å². The van der Waals surface area contributed by atoms with Crippen molar-refractivity contribution in [3.63, 3.8) is 0 Å². The van der Waals surface area contributed by atoms with Crippen LogP contribution in [0.5, 0.6) is 0 Å². The molecule has 0 unspecified atom stereocenters. The third-order valence-corrected chi connectivity index (χ3v) is 12.7. The van der Waals surface area contributed by atoms with Gasteiger partial charge in [-0.25, -0.2) is 0 Å². The molecule has 1 heteroatoms. The fourth-order valence-corrected chi connectivity index (χ4v) is 10.1. The van der Waals surface area contributed by atoms with Gasteiger partial charge in [0.15, 0.2) is 0 Å². The molecular weight excluding hydrogens is 687 g/mol. The largest absolute Gasteiger partial charge is 0.310 e. The van der Waals surface area contributed by atoms with Crippen LogP contribution in [0, 0.1) is 0 Å². The molecule has 270 valence electrons. The number of hydrogen-bond donors (Lipinski definition) is 0. The van der Waals surface area contributed by atoms with Gasteiger partial charge in [-0.1, -0.05) is 190 Å². The van der Waals surface area contributed by atoms with Crippen molar-refractivity contribution in [2.45, 2.75) is 24.7 Å². The lowest BCUT2D eigenvalue weighted by molar-refractivity contribution is 0.661. The standard InChI is InChI=1S/C56H41N/c1-55(2)50-24-14-13-23-47(50)54-48-36-44(32-28-40(48)29-34-53(54)55)57(43-30-26-39(27-31-43)38-16-6-3-7-17-38)45-33-35-52-49(37-45)46-22-12-15-25-51(46)56(52,41-18-8-4-9-19-41)42-20-10-5-11-21-42/h3-37H,1-2H3. The Bertz CT molecular complexity index is 2920. The molecule has 0 aromatic heterocycles. The van der Waals surface area contributed by atoms with Gasteiger partial charge in [-0.2, -0.15) is 0 Å². The molecule has 2 aliphatic carbocycles. The molecule has 0 fully saturated rings. The van der Waals surface area contributed by atoms with Crippen LogP contribution in [0.15, 0.2) is 212 Å². The first-order valence-corrected chi connectivity index (χ1v) is 20.0. The number of rotatable bonds is 6. The Hall–Kier alpha value is -6.96. The summed E-state index contributed by atoms with van der Waals surface area (Å²) in [6, 6.07) is 78.7. The number of anilines is 3. The van der Waals surface area contributed by atoms with Crippen molar-refractivity contribution in [2.75, 3.05) is 4.90 Å². The van der Waals surface area contributed by atoms with Crippen LogP contribution in [0.2, 0.25) is 0 Å². The molecule has 0 bridgehead atoms. The van der Waals surface area contributed by atoms with E-state index in [2.05, 4.69) is 231 Å². The minimum Gasteiger partial charge on any atom is -0.310 e. The van der Waals surface area contributed by atoms with Crippen LogP contribution in [0.3, 0.4) is 0 Å². The summed E-state index contributed by atoms with van der Waals surface area (Å²) >= 11 is 0. The topological polar surface area (TPSA) is 3.24 Å². The second kappa shape index (κ2) is 12.8. The highest BCUT2D eigenvalue weighted by Gasteiger charge is 2.46. The van der Waals surface area contributed by atoms with Crippen molar-refractivity contribution in [2.24, 2.45) is 0 Å². The van der Waals surface area contributed by atoms with Crippen LogP contribution in [-0.2, 0) is 10.8 Å². The number of benzene rings is 9. The second-order valence-electron chi connectivity index (χ2n) is 16.1. The van der Waals surface area contributed by atoms with Crippen molar-refractivity contribution < 1.29 is 0 Å². The van der Waals surface area contributed by atoms with Crippen molar-refractivity contribution in [1.29, 1.82) is 0 Å². The lowest BCUT2D eigenvalue weighted by atomic mass is 9.68. The quantitative estimate of drug-likeness (QED) is 0.165. The zero-order valence-corrected chi connectivity index (χ0v) is 32.2. The molecule has 0 N–H and O–H groups in total. The predicted octanol–water partition coefficient (Wildman–Crippen LogP) is 14.6. The van der Waals surface area contributed by atoms with Gasteiger partial charge in [-0.15, -0.1) is 0 Å². The first kappa shape index (κ1) is 33.4. The molecule has 0 aliphatic heterocycles. The van der Waals surface area contributed by atoms with E-state index in [1.807, 2.05) is 0 Å².